The monoisotopic (exact) mass is 296 g/mol. The van der Waals surface area contributed by atoms with Gasteiger partial charge in [0.1, 0.15) is 11.3 Å². The summed E-state index contributed by atoms with van der Waals surface area (Å²) in [5.74, 6) is 0.467. The molecule has 5 heteroatoms. The molecule has 0 amide bonds. The topological polar surface area (TPSA) is 57.3 Å². The summed E-state index contributed by atoms with van der Waals surface area (Å²) in [6.07, 6.45) is 3.18. The van der Waals surface area contributed by atoms with Crippen molar-refractivity contribution >= 4 is 5.97 Å². The molecule has 0 saturated carbocycles. The van der Waals surface area contributed by atoms with Crippen LogP contribution in [-0.2, 0) is 4.74 Å². The predicted molar refractivity (Wildman–Crippen MR) is 82.0 cm³/mol. The number of esters is 1. The Balaban J connectivity index is 1.90. The van der Waals surface area contributed by atoms with Crippen LogP contribution in [0.3, 0.4) is 0 Å². The number of hydrogen-bond acceptors (Lipinski definition) is 4. The minimum atomic E-state index is -0.349. The fraction of sp³-hybridized carbons (Fsp3) is 0.176. The first-order valence-electron chi connectivity index (χ1n) is 7.06. The highest BCUT2D eigenvalue weighted by Crippen LogP contribution is 2.22. The molecule has 5 nitrogen and oxygen atoms in total. The Morgan fingerprint density at radius 2 is 2.05 bits per heavy atom. The molecule has 0 saturated heterocycles. The van der Waals surface area contributed by atoms with E-state index in [-0.39, 0.29) is 5.97 Å². The van der Waals surface area contributed by atoms with Gasteiger partial charge in [0, 0.05) is 5.56 Å². The third kappa shape index (κ3) is 2.53. The first-order valence-corrected chi connectivity index (χ1v) is 7.06. The third-order valence-corrected chi connectivity index (χ3v) is 3.42. The molecule has 22 heavy (non-hydrogen) atoms. The lowest BCUT2D eigenvalue weighted by Gasteiger charge is -2.06. The summed E-state index contributed by atoms with van der Waals surface area (Å²) in [6, 6.07) is 11.6. The molecule has 2 heterocycles. The standard InChI is InChI=1S/C17H16N2O3/c1-3-21-17(20)15-11-18-19(12(15)2)14-8-6-13(7-9-14)16-5-4-10-22-16/h4-11H,3H2,1-2H3. The molecule has 0 radical (unpaired) electrons. The van der Waals surface area contributed by atoms with Gasteiger partial charge in [-0.3, -0.25) is 0 Å². The fourth-order valence-electron chi connectivity index (χ4n) is 2.29. The van der Waals surface area contributed by atoms with Gasteiger partial charge in [-0.25, -0.2) is 9.48 Å². The van der Waals surface area contributed by atoms with Crippen molar-refractivity contribution in [1.82, 2.24) is 9.78 Å². The van der Waals surface area contributed by atoms with E-state index in [0.717, 1.165) is 22.7 Å². The van der Waals surface area contributed by atoms with Crippen molar-refractivity contribution in [3.8, 4) is 17.0 Å². The summed E-state index contributed by atoms with van der Waals surface area (Å²) >= 11 is 0. The molecule has 3 aromatic rings. The Hall–Kier alpha value is -2.82. The maximum atomic E-state index is 11.8. The molecule has 0 spiro atoms. The van der Waals surface area contributed by atoms with Crippen LogP contribution in [0.2, 0.25) is 0 Å². The highest BCUT2D eigenvalue weighted by molar-refractivity contribution is 5.90. The number of ether oxygens (including phenoxy) is 1. The van der Waals surface area contributed by atoms with Gasteiger partial charge in [-0.05, 0) is 50.2 Å². The number of carbonyl (C=O) groups is 1. The number of carbonyl (C=O) groups excluding carboxylic acids is 1. The highest BCUT2D eigenvalue weighted by Gasteiger charge is 2.16. The Labute approximate surface area is 128 Å². The lowest BCUT2D eigenvalue weighted by molar-refractivity contribution is 0.0525. The van der Waals surface area contributed by atoms with Crippen molar-refractivity contribution in [2.45, 2.75) is 13.8 Å². The summed E-state index contributed by atoms with van der Waals surface area (Å²) in [5.41, 5.74) is 3.11. The van der Waals surface area contributed by atoms with Crippen molar-refractivity contribution in [2.24, 2.45) is 0 Å². The van der Waals surface area contributed by atoms with Gasteiger partial charge in [-0.2, -0.15) is 5.10 Å². The van der Waals surface area contributed by atoms with Crippen LogP contribution in [0.4, 0.5) is 0 Å². The van der Waals surface area contributed by atoms with Gasteiger partial charge in [0.2, 0.25) is 0 Å². The van der Waals surface area contributed by atoms with Crippen LogP contribution in [-0.4, -0.2) is 22.4 Å². The van der Waals surface area contributed by atoms with E-state index in [1.807, 2.05) is 43.3 Å². The molecule has 1 aromatic carbocycles. The van der Waals surface area contributed by atoms with E-state index >= 15 is 0 Å². The highest BCUT2D eigenvalue weighted by atomic mass is 16.5. The predicted octanol–water partition coefficient (Wildman–Crippen LogP) is 3.62. The molecule has 0 aliphatic carbocycles. The normalized spacial score (nSPS) is 10.6. The summed E-state index contributed by atoms with van der Waals surface area (Å²) in [5, 5.41) is 4.27. The van der Waals surface area contributed by atoms with Gasteiger partial charge in [-0.1, -0.05) is 0 Å². The van der Waals surface area contributed by atoms with Gasteiger partial charge in [0.15, 0.2) is 0 Å². The van der Waals surface area contributed by atoms with Gasteiger partial charge in [0.25, 0.3) is 0 Å². The van der Waals surface area contributed by atoms with Crippen molar-refractivity contribution in [3.05, 3.63) is 60.1 Å². The second-order valence-electron chi connectivity index (χ2n) is 4.80. The summed E-state index contributed by atoms with van der Waals surface area (Å²) < 4.78 is 12.1. The van der Waals surface area contributed by atoms with E-state index in [4.69, 9.17) is 9.15 Å². The average Bonchev–Trinajstić information content (AvgIpc) is 3.17. The van der Waals surface area contributed by atoms with Crippen LogP contribution in [0, 0.1) is 6.92 Å². The van der Waals surface area contributed by atoms with E-state index in [1.54, 1.807) is 17.9 Å². The smallest absolute Gasteiger partial charge is 0.341 e. The van der Waals surface area contributed by atoms with Gasteiger partial charge in [0.05, 0.1) is 30.4 Å². The molecular formula is C17H16N2O3. The Morgan fingerprint density at radius 1 is 1.27 bits per heavy atom. The molecule has 0 aliphatic rings. The maximum Gasteiger partial charge on any atom is 0.341 e. The average molecular weight is 296 g/mol. The fourth-order valence-corrected chi connectivity index (χ4v) is 2.29. The quantitative estimate of drug-likeness (QED) is 0.690. The van der Waals surface area contributed by atoms with Gasteiger partial charge >= 0.3 is 5.97 Å². The molecular weight excluding hydrogens is 280 g/mol. The second-order valence-corrected chi connectivity index (χ2v) is 4.80. The molecule has 0 N–H and O–H groups in total. The number of nitrogens with zero attached hydrogens (tertiary/aromatic N) is 2. The van der Waals surface area contributed by atoms with Gasteiger partial charge < -0.3 is 9.15 Å². The van der Waals surface area contributed by atoms with Crippen molar-refractivity contribution in [1.29, 1.82) is 0 Å². The Morgan fingerprint density at radius 3 is 2.68 bits per heavy atom. The van der Waals surface area contributed by atoms with E-state index in [9.17, 15) is 4.79 Å². The van der Waals surface area contributed by atoms with Gasteiger partial charge in [-0.15, -0.1) is 0 Å². The lowest BCUT2D eigenvalue weighted by atomic mass is 10.1. The largest absolute Gasteiger partial charge is 0.464 e. The van der Waals surface area contributed by atoms with Crippen LogP contribution >= 0.6 is 0 Å². The van der Waals surface area contributed by atoms with Crippen LogP contribution in [0.15, 0.2) is 53.3 Å². The molecule has 112 valence electrons. The summed E-state index contributed by atoms with van der Waals surface area (Å²) in [4.78, 5) is 11.8. The molecule has 0 bridgehead atoms. The van der Waals surface area contributed by atoms with E-state index < -0.39 is 0 Å². The first kappa shape index (κ1) is 14.1. The number of furan rings is 1. The number of rotatable bonds is 4. The van der Waals surface area contributed by atoms with Crippen LogP contribution in [0.1, 0.15) is 23.0 Å². The minimum Gasteiger partial charge on any atom is -0.464 e. The van der Waals surface area contributed by atoms with Crippen LogP contribution in [0.5, 0.6) is 0 Å². The summed E-state index contributed by atoms with van der Waals surface area (Å²) in [6.45, 7) is 3.98. The molecule has 0 fully saturated rings. The number of aromatic nitrogens is 2. The first-order chi connectivity index (χ1) is 10.7. The molecule has 0 aliphatic heterocycles. The maximum absolute atomic E-state index is 11.8. The molecule has 0 atom stereocenters. The molecule has 0 unspecified atom stereocenters. The van der Waals surface area contributed by atoms with E-state index in [1.165, 1.54) is 6.20 Å². The van der Waals surface area contributed by atoms with E-state index in [0.29, 0.717) is 12.2 Å². The van der Waals surface area contributed by atoms with Crippen molar-refractivity contribution in [2.75, 3.05) is 6.61 Å². The lowest BCUT2D eigenvalue weighted by Crippen LogP contribution is -2.06. The van der Waals surface area contributed by atoms with Crippen molar-refractivity contribution < 1.29 is 13.9 Å². The van der Waals surface area contributed by atoms with Crippen LogP contribution in [0.25, 0.3) is 17.0 Å². The third-order valence-electron chi connectivity index (χ3n) is 3.42. The zero-order valence-electron chi connectivity index (χ0n) is 12.4. The molecule has 2 aromatic heterocycles. The second kappa shape index (κ2) is 5.89. The Bertz CT molecular complexity index is 771. The van der Waals surface area contributed by atoms with Crippen molar-refractivity contribution in [3.63, 3.8) is 0 Å². The zero-order chi connectivity index (χ0) is 15.5. The van der Waals surface area contributed by atoms with Crippen LogP contribution < -0.4 is 0 Å². The van der Waals surface area contributed by atoms with E-state index in [2.05, 4.69) is 5.10 Å². The minimum absolute atomic E-state index is 0.349. The zero-order valence-corrected chi connectivity index (χ0v) is 12.4. The molecule has 3 rings (SSSR count). The summed E-state index contributed by atoms with van der Waals surface area (Å²) in [7, 11) is 0. The Kier molecular flexibility index (Phi) is 3.78. The number of benzene rings is 1. The number of hydrogen-bond donors (Lipinski definition) is 0. The SMILES string of the molecule is CCOC(=O)c1cnn(-c2ccc(-c3ccco3)cc2)c1C.